The maximum absolute atomic E-state index is 4.34. The molecule has 0 aromatic carbocycles. The molecule has 0 amide bonds. The van der Waals surface area contributed by atoms with Crippen molar-refractivity contribution in [3.8, 4) is 0 Å². The predicted octanol–water partition coefficient (Wildman–Crippen LogP) is 3.42. The van der Waals surface area contributed by atoms with Gasteiger partial charge in [-0.05, 0) is 29.9 Å². The molecule has 1 aromatic rings. The van der Waals surface area contributed by atoms with Crippen molar-refractivity contribution in [3.63, 3.8) is 0 Å². The Bertz CT molecular complexity index is 339. The van der Waals surface area contributed by atoms with Crippen LogP contribution in [-0.4, -0.2) is 11.5 Å². The summed E-state index contributed by atoms with van der Waals surface area (Å²) in [6, 6.07) is 4.24. The van der Waals surface area contributed by atoms with Gasteiger partial charge in [0.15, 0.2) is 0 Å². The number of anilines is 1. The van der Waals surface area contributed by atoms with Crippen LogP contribution in [0.15, 0.2) is 18.3 Å². The molecular weight excluding hydrogens is 184 g/mol. The Morgan fingerprint density at radius 2 is 2.27 bits per heavy atom. The van der Waals surface area contributed by atoms with Gasteiger partial charge in [-0.3, -0.25) is 0 Å². The SMILES string of the molecule is CC(C)(C)CCC1CNc2ncccc21. The van der Waals surface area contributed by atoms with E-state index in [1.807, 2.05) is 12.3 Å². The van der Waals surface area contributed by atoms with Gasteiger partial charge < -0.3 is 5.32 Å². The van der Waals surface area contributed by atoms with Gasteiger partial charge in [0.2, 0.25) is 0 Å². The van der Waals surface area contributed by atoms with Gasteiger partial charge in [-0.25, -0.2) is 4.98 Å². The maximum Gasteiger partial charge on any atom is 0.129 e. The van der Waals surface area contributed by atoms with Crippen molar-refractivity contribution in [2.24, 2.45) is 5.41 Å². The summed E-state index contributed by atoms with van der Waals surface area (Å²) in [5.41, 5.74) is 1.84. The Kier molecular flexibility index (Phi) is 2.68. The zero-order valence-electron chi connectivity index (χ0n) is 9.88. The summed E-state index contributed by atoms with van der Waals surface area (Å²) in [6.07, 6.45) is 4.39. The lowest BCUT2D eigenvalue weighted by Crippen LogP contribution is -2.09. The number of rotatable bonds is 2. The summed E-state index contributed by atoms with van der Waals surface area (Å²) in [6.45, 7) is 7.97. The van der Waals surface area contributed by atoms with Gasteiger partial charge in [0, 0.05) is 18.7 Å². The first-order valence-corrected chi connectivity index (χ1v) is 5.75. The minimum Gasteiger partial charge on any atom is -0.369 e. The molecule has 1 aliphatic rings. The van der Waals surface area contributed by atoms with Crippen molar-refractivity contribution in [3.05, 3.63) is 23.9 Å². The topological polar surface area (TPSA) is 24.9 Å². The summed E-state index contributed by atoms with van der Waals surface area (Å²) in [5.74, 6) is 1.75. The first-order chi connectivity index (χ1) is 7.06. The van der Waals surface area contributed by atoms with Crippen LogP contribution in [0.1, 0.15) is 45.1 Å². The molecule has 0 saturated carbocycles. The highest BCUT2D eigenvalue weighted by molar-refractivity contribution is 5.51. The summed E-state index contributed by atoms with van der Waals surface area (Å²) in [5, 5.41) is 3.38. The van der Waals surface area contributed by atoms with E-state index in [1.165, 1.54) is 18.4 Å². The first-order valence-electron chi connectivity index (χ1n) is 5.75. The number of pyridine rings is 1. The van der Waals surface area contributed by atoms with Crippen LogP contribution in [0.4, 0.5) is 5.82 Å². The van der Waals surface area contributed by atoms with Crippen LogP contribution in [-0.2, 0) is 0 Å². The van der Waals surface area contributed by atoms with E-state index < -0.39 is 0 Å². The molecule has 2 nitrogen and oxygen atoms in total. The van der Waals surface area contributed by atoms with Crippen LogP contribution in [0.5, 0.6) is 0 Å². The summed E-state index contributed by atoms with van der Waals surface area (Å²) in [7, 11) is 0. The minimum atomic E-state index is 0.435. The maximum atomic E-state index is 4.34. The lowest BCUT2D eigenvalue weighted by atomic mass is 9.85. The van der Waals surface area contributed by atoms with Crippen molar-refractivity contribution >= 4 is 5.82 Å². The summed E-state index contributed by atoms with van der Waals surface area (Å²) in [4.78, 5) is 4.34. The Hall–Kier alpha value is -1.05. The second-order valence-corrected chi connectivity index (χ2v) is 5.62. The zero-order chi connectivity index (χ0) is 10.9. The first kappa shape index (κ1) is 10.5. The van der Waals surface area contributed by atoms with Crippen LogP contribution >= 0.6 is 0 Å². The van der Waals surface area contributed by atoms with Crippen LogP contribution in [0, 0.1) is 5.41 Å². The third kappa shape index (κ3) is 2.49. The second kappa shape index (κ2) is 3.84. The molecule has 1 atom stereocenters. The number of nitrogens with zero attached hydrogens (tertiary/aromatic N) is 1. The van der Waals surface area contributed by atoms with E-state index in [0.717, 1.165) is 12.4 Å². The molecule has 0 radical (unpaired) electrons. The average molecular weight is 204 g/mol. The molecule has 0 aliphatic carbocycles. The third-order valence-electron chi connectivity index (χ3n) is 3.04. The molecule has 82 valence electrons. The number of hydrogen-bond donors (Lipinski definition) is 1. The monoisotopic (exact) mass is 204 g/mol. The van der Waals surface area contributed by atoms with Gasteiger partial charge >= 0.3 is 0 Å². The van der Waals surface area contributed by atoms with Crippen LogP contribution in [0.3, 0.4) is 0 Å². The highest BCUT2D eigenvalue weighted by atomic mass is 15.0. The van der Waals surface area contributed by atoms with Crippen molar-refractivity contribution in [2.45, 2.75) is 39.5 Å². The van der Waals surface area contributed by atoms with Gasteiger partial charge in [0.25, 0.3) is 0 Å². The van der Waals surface area contributed by atoms with Gasteiger partial charge in [-0.15, -0.1) is 0 Å². The van der Waals surface area contributed by atoms with Gasteiger partial charge in [0.05, 0.1) is 0 Å². The normalized spacial score (nSPS) is 19.8. The van der Waals surface area contributed by atoms with Gasteiger partial charge in [-0.2, -0.15) is 0 Å². The second-order valence-electron chi connectivity index (χ2n) is 5.62. The molecule has 2 heterocycles. The van der Waals surface area contributed by atoms with Crippen molar-refractivity contribution in [1.82, 2.24) is 4.98 Å². The van der Waals surface area contributed by atoms with E-state index in [4.69, 9.17) is 0 Å². The van der Waals surface area contributed by atoms with Gasteiger partial charge in [-0.1, -0.05) is 26.8 Å². The van der Waals surface area contributed by atoms with E-state index in [-0.39, 0.29) is 0 Å². The fourth-order valence-electron chi connectivity index (χ4n) is 2.09. The van der Waals surface area contributed by atoms with Crippen LogP contribution in [0.25, 0.3) is 0 Å². The summed E-state index contributed by atoms with van der Waals surface area (Å²) < 4.78 is 0. The molecular formula is C13H20N2. The smallest absolute Gasteiger partial charge is 0.129 e. The Labute approximate surface area is 92.1 Å². The molecule has 1 aliphatic heterocycles. The van der Waals surface area contributed by atoms with Crippen LogP contribution in [0.2, 0.25) is 0 Å². The van der Waals surface area contributed by atoms with E-state index in [0.29, 0.717) is 11.3 Å². The average Bonchev–Trinajstić information content (AvgIpc) is 2.57. The molecule has 1 N–H and O–H groups in total. The lowest BCUT2D eigenvalue weighted by Gasteiger charge is -2.20. The quantitative estimate of drug-likeness (QED) is 0.798. The van der Waals surface area contributed by atoms with E-state index >= 15 is 0 Å². The Morgan fingerprint density at radius 1 is 1.47 bits per heavy atom. The third-order valence-corrected chi connectivity index (χ3v) is 3.04. The fourth-order valence-corrected chi connectivity index (χ4v) is 2.09. The molecule has 0 spiro atoms. The number of fused-ring (bicyclic) bond motifs is 1. The molecule has 2 rings (SSSR count). The highest BCUT2D eigenvalue weighted by Crippen LogP contribution is 2.35. The zero-order valence-corrected chi connectivity index (χ0v) is 9.88. The molecule has 1 unspecified atom stereocenters. The largest absolute Gasteiger partial charge is 0.369 e. The van der Waals surface area contributed by atoms with E-state index in [2.05, 4.69) is 37.1 Å². The van der Waals surface area contributed by atoms with Crippen molar-refractivity contribution in [1.29, 1.82) is 0 Å². The highest BCUT2D eigenvalue weighted by Gasteiger charge is 2.24. The Morgan fingerprint density at radius 3 is 3.00 bits per heavy atom. The predicted molar refractivity (Wildman–Crippen MR) is 64.2 cm³/mol. The molecule has 0 bridgehead atoms. The van der Waals surface area contributed by atoms with Crippen LogP contribution < -0.4 is 5.32 Å². The van der Waals surface area contributed by atoms with E-state index in [9.17, 15) is 0 Å². The molecule has 15 heavy (non-hydrogen) atoms. The van der Waals surface area contributed by atoms with Crippen molar-refractivity contribution in [2.75, 3.05) is 11.9 Å². The van der Waals surface area contributed by atoms with E-state index in [1.54, 1.807) is 0 Å². The fraction of sp³-hybridized carbons (Fsp3) is 0.615. The lowest BCUT2D eigenvalue weighted by molar-refractivity contribution is 0.352. The molecule has 2 heteroatoms. The molecule has 1 aromatic heterocycles. The van der Waals surface area contributed by atoms with Crippen molar-refractivity contribution < 1.29 is 0 Å². The number of hydrogen-bond acceptors (Lipinski definition) is 2. The Balaban J connectivity index is 2.02. The number of aromatic nitrogens is 1. The molecule has 0 saturated heterocycles. The number of nitrogens with one attached hydrogen (secondary N) is 1. The van der Waals surface area contributed by atoms with Gasteiger partial charge in [0.1, 0.15) is 5.82 Å². The summed E-state index contributed by atoms with van der Waals surface area (Å²) >= 11 is 0. The standard InChI is InChI=1S/C13H20N2/c1-13(2,3)7-6-10-9-15-12-11(10)5-4-8-14-12/h4-5,8,10H,6-7,9H2,1-3H3,(H,14,15). The molecule has 0 fully saturated rings. The minimum absolute atomic E-state index is 0.435.